The number of carbonyl (C=O) groups is 4. The van der Waals surface area contributed by atoms with Gasteiger partial charge in [0.25, 0.3) is 11.8 Å². The van der Waals surface area contributed by atoms with Crippen molar-refractivity contribution in [3.63, 3.8) is 0 Å². The summed E-state index contributed by atoms with van der Waals surface area (Å²) in [7, 11) is 1.45. The van der Waals surface area contributed by atoms with Gasteiger partial charge in [0.2, 0.25) is 0 Å². The molecule has 1 heterocycles. The van der Waals surface area contributed by atoms with Crippen molar-refractivity contribution in [1.29, 1.82) is 5.41 Å². The smallest absolute Gasteiger partial charge is 0.357 e. The summed E-state index contributed by atoms with van der Waals surface area (Å²) >= 11 is 0. The second-order valence-corrected chi connectivity index (χ2v) is 11.9. The van der Waals surface area contributed by atoms with Gasteiger partial charge in [-0.1, -0.05) is 62.8 Å². The van der Waals surface area contributed by atoms with Gasteiger partial charge in [0.15, 0.2) is 5.69 Å². The lowest BCUT2D eigenvalue weighted by atomic mass is 9.94. The van der Waals surface area contributed by atoms with Gasteiger partial charge in [-0.25, -0.2) is 9.78 Å². The van der Waals surface area contributed by atoms with Gasteiger partial charge in [0, 0.05) is 40.0 Å². The number of rotatable bonds is 18. The van der Waals surface area contributed by atoms with Crippen molar-refractivity contribution >= 4 is 41.4 Å². The quantitative estimate of drug-likeness (QED) is 0.0396. The normalized spacial score (nSPS) is 11.2. The number of nitrogen functional groups attached to an aromatic ring is 1. The fraction of sp³-hybridized carbons (Fsp3) is 0.250. The SMILES string of the molecule is C=Cc1cc(C(=O)Nc2ccc(C(=N)N)cc2)c(-c2ccc(C(=O)NCCCCC)nc2C(=O)OCCOC(=O)[C@@H](N)Cc2ccccc2)cc1OC. The molecule has 4 aromatic rings. The van der Waals surface area contributed by atoms with Gasteiger partial charge in [-0.15, -0.1) is 0 Å². The number of amides is 2. The predicted octanol–water partition coefficient (Wildman–Crippen LogP) is 5.13. The third-order valence-electron chi connectivity index (χ3n) is 8.13. The van der Waals surface area contributed by atoms with E-state index in [1.54, 1.807) is 36.4 Å². The molecule has 276 valence electrons. The van der Waals surface area contributed by atoms with E-state index in [0.29, 0.717) is 29.1 Å². The number of anilines is 1. The Balaban J connectivity index is 1.64. The van der Waals surface area contributed by atoms with Crippen molar-refractivity contribution in [1.82, 2.24) is 10.3 Å². The monoisotopic (exact) mass is 720 g/mol. The van der Waals surface area contributed by atoms with Crippen LogP contribution >= 0.6 is 0 Å². The highest BCUT2D eigenvalue weighted by molar-refractivity contribution is 6.11. The van der Waals surface area contributed by atoms with E-state index in [1.807, 2.05) is 30.3 Å². The number of methoxy groups -OCH3 is 1. The van der Waals surface area contributed by atoms with Gasteiger partial charge >= 0.3 is 11.9 Å². The average molecular weight is 721 g/mol. The van der Waals surface area contributed by atoms with E-state index in [-0.39, 0.29) is 53.5 Å². The summed E-state index contributed by atoms with van der Waals surface area (Å²) in [6.45, 7) is 5.69. The van der Waals surface area contributed by atoms with E-state index in [2.05, 4.69) is 29.1 Å². The third kappa shape index (κ3) is 10.8. The Morgan fingerprint density at radius 3 is 2.30 bits per heavy atom. The zero-order valence-corrected chi connectivity index (χ0v) is 29.8. The minimum absolute atomic E-state index is 0.0400. The number of amidine groups is 1. The number of ether oxygens (including phenoxy) is 3. The first-order valence-corrected chi connectivity index (χ1v) is 17.1. The van der Waals surface area contributed by atoms with Gasteiger partial charge in [-0.05, 0) is 66.9 Å². The summed E-state index contributed by atoms with van der Waals surface area (Å²) in [5, 5.41) is 13.3. The Morgan fingerprint density at radius 2 is 1.64 bits per heavy atom. The Kier molecular flexibility index (Phi) is 14.4. The Morgan fingerprint density at radius 1 is 0.925 bits per heavy atom. The first kappa shape index (κ1) is 39.4. The number of nitrogens with one attached hydrogen (secondary N) is 3. The van der Waals surface area contributed by atoms with Crippen LogP contribution in [0.15, 0.2) is 85.4 Å². The van der Waals surface area contributed by atoms with E-state index < -0.39 is 29.8 Å². The lowest BCUT2D eigenvalue weighted by molar-refractivity contribution is -0.146. The van der Waals surface area contributed by atoms with Crippen molar-refractivity contribution in [3.05, 3.63) is 119 Å². The molecule has 0 fully saturated rings. The molecule has 13 heteroatoms. The molecular weight excluding hydrogens is 676 g/mol. The number of nitrogens with two attached hydrogens (primary N) is 2. The van der Waals surface area contributed by atoms with E-state index in [0.717, 1.165) is 24.8 Å². The van der Waals surface area contributed by atoms with Crippen molar-refractivity contribution < 1.29 is 33.4 Å². The highest BCUT2D eigenvalue weighted by Gasteiger charge is 2.25. The Bertz CT molecular complexity index is 1950. The van der Waals surface area contributed by atoms with Crippen LogP contribution in [0.3, 0.4) is 0 Å². The number of pyridine rings is 1. The van der Waals surface area contributed by atoms with Gasteiger partial charge in [0.1, 0.15) is 36.5 Å². The van der Waals surface area contributed by atoms with Crippen molar-refractivity contribution in [2.75, 3.05) is 32.2 Å². The Labute approximate surface area is 308 Å². The second kappa shape index (κ2) is 19.3. The number of esters is 2. The molecule has 0 saturated heterocycles. The first-order chi connectivity index (χ1) is 25.6. The van der Waals surface area contributed by atoms with Crippen LogP contribution in [0, 0.1) is 5.41 Å². The molecule has 2 amide bonds. The largest absolute Gasteiger partial charge is 0.496 e. The van der Waals surface area contributed by atoms with Gasteiger partial charge < -0.3 is 36.3 Å². The molecule has 4 rings (SSSR count). The van der Waals surface area contributed by atoms with E-state index >= 15 is 0 Å². The average Bonchev–Trinajstić information content (AvgIpc) is 3.17. The summed E-state index contributed by atoms with van der Waals surface area (Å²) in [6, 6.07) is 20.8. The molecule has 1 aromatic heterocycles. The number of benzene rings is 3. The van der Waals surface area contributed by atoms with E-state index in [9.17, 15) is 19.2 Å². The number of nitrogens with zero attached hydrogens (tertiary/aromatic N) is 1. The minimum atomic E-state index is -0.928. The molecule has 7 N–H and O–H groups in total. The lowest BCUT2D eigenvalue weighted by Crippen LogP contribution is -2.35. The highest BCUT2D eigenvalue weighted by atomic mass is 16.6. The van der Waals surface area contributed by atoms with Crippen LogP contribution in [0.25, 0.3) is 17.2 Å². The Hall–Kier alpha value is -6.34. The summed E-state index contributed by atoms with van der Waals surface area (Å²) < 4.78 is 16.3. The second-order valence-electron chi connectivity index (χ2n) is 11.9. The van der Waals surface area contributed by atoms with E-state index in [1.165, 1.54) is 25.3 Å². The number of aromatic nitrogens is 1. The van der Waals surface area contributed by atoms with Crippen molar-refractivity contribution in [3.8, 4) is 16.9 Å². The number of unbranched alkanes of at least 4 members (excludes halogenated alkanes) is 2. The molecule has 1 atom stereocenters. The molecule has 0 saturated carbocycles. The van der Waals surface area contributed by atoms with Gasteiger partial charge in [-0.3, -0.25) is 19.8 Å². The molecule has 0 radical (unpaired) electrons. The summed E-state index contributed by atoms with van der Waals surface area (Å²) in [5.74, 6) is -2.39. The maximum absolute atomic E-state index is 13.9. The standard InChI is InChI=1S/C40H44N6O7/c1-4-6-10-19-44-38(48)33-18-17-29(35(46-33)40(50)53-21-20-52-39(49)32(41)22-25-11-8-7-9-12-25)30-24-34(51-3)26(5-2)23-31(30)37(47)45-28-15-13-27(14-16-28)36(42)43/h5,7-9,11-18,23-24,32H,2,4,6,10,19-22,41H2,1,3H3,(H3,42,43)(H,44,48)(H,45,47)/t32-/m0/s1. The molecule has 13 nitrogen and oxygen atoms in total. The lowest BCUT2D eigenvalue weighted by Gasteiger charge is -2.17. The van der Waals surface area contributed by atoms with Gasteiger partial charge in [-0.2, -0.15) is 0 Å². The number of carbonyl (C=O) groups excluding carboxylic acids is 4. The maximum atomic E-state index is 13.9. The summed E-state index contributed by atoms with van der Waals surface area (Å²) in [4.78, 5) is 57.6. The van der Waals surface area contributed by atoms with Crippen LogP contribution in [-0.4, -0.2) is 67.5 Å². The predicted molar refractivity (Wildman–Crippen MR) is 203 cm³/mol. The fourth-order valence-corrected chi connectivity index (χ4v) is 5.30. The van der Waals surface area contributed by atoms with Crippen LogP contribution in [0.5, 0.6) is 5.75 Å². The molecule has 0 aliphatic carbocycles. The number of hydrogen-bond acceptors (Lipinski definition) is 10. The summed E-state index contributed by atoms with van der Waals surface area (Å²) in [6.07, 6.45) is 4.47. The van der Waals surface area contributed by atoms with Crippen LogP contribution < -0.4 is 26.8 Å². The molecule has 3 aromatic carbocycles. The van der Waals surface area contributed by atoms with Crippen molar-refractivity contribution in [2.45, 2.75) is 38.6 Å². The van der Waals surface area contributed by atoms with E-state index in [4.69, 9.17) is 31.1 Å². The third-order valence-corrected chi connectivity index (χ3v) is 8.13. The molecular formula is C40H44N6O7. The van der Waals surface area contributed by atoms with Crippen LogP contribution in [-0.2, 0) is 20.7 Å². The minimum Gasteiger partial charge on any atom is -0.496 e. The van der Waals surface area contributed by atoms with Crippen molar-refractivity contribution in [2.24, 2.45) is 11.5 Å². The zero-order chi connectivity index (χ0) is 38.3. The zero-order valence-electron chi connectivity index (χ0n) is 29.8. The molecule has 0 bridgehead atoms. The van der Waals surface area contributed by atoms with Crippen LogP contribution in [0.2, 0.25) is 0 Å². The van der Waals surface area contributed by atoms with Gasteiger partial charge in [0.05, 0.1) is 7.11 Å². The first-order valence-electron chi connectivity index (χ1n) is 17.1. The molecule has 0 aliphatic heterocycles. The molecule has 0 unspecified atom stereocenters. The maximum Gasteiger partial charge on any atom is 0.357 e. The highest BCUT2D eigenvalue weighted by Crippen LogP contribution is 2.34. The molecule has 0 spiro atoms. The molecule has 53 heavy (non-hydrogen) atoms. The van der Waals surface area contributed by atoms with Crippen LogP contribution in [0.4, 0.5) is 5.69 Å². The topological polar surface area (TPSA) is 209 Å². The number of hydrogen-bond donors (Lipinski definition) is 5. The summed E-state index contributed by atoms with van der Waals surface area (Å²) in [5.41, 5.74) is 14.1. The fourth-order valence-electron chi connectivity index (χ4n) is 5.30. The van der Waals surface area contributed by atoms with Crippen LogP contribution in [0.1, 0.15) is 74.2 Å². The molecule has 0 aliphatic rings.